The van der Waals surface area contributed by atoms with Crippen molar-refractivity contribution < 1.29 is 9.53 Å². The number of rotatable bonds is 4. The first-order valence-corrected chi connectivity index (χ1v) is 7.91. The van der Waals surface area contributed by atoms with E-state index < -0.39 is 0 Å². The Morgan fingerprint density at radius 2 is 2.26 bits per heavy atom. The molecule has 2 atom stereocenters. The zero-order chi connectivity index (χ0) is 16.4. The number of nitrogens with zero attached hydrogens (tertiary/aromatic N) is 3. The number of pyridine rings is 1. The number of aromatic nitrogens is 1. The highest BCUT2D eigenvalue weighted by atomic mass is 16.5. The number of amides is 1. The lowest BCUT2D eigenvalue weighted by atomic mass is 10.1. The van der Waals surface area contributed by atoms with Gasteiger partial charge in [0.05, 0.1) is 11.6 Å². The lowest BCUT2D eigenvalue weighted by Gasteiger charge is -2.25. The maximum absolute atomic E-state index is 12.7. The summed E-state index contributed by atoms with van der Waals surface area (Å²) in [5, 5.41) is 0.990. The lowest BCUT2D eigenvalue weighted by Crippen LogP contribution is -2.39. The van der Waals surface area contributed by atoms with Crippen LogP contribution in [0.5, 0.6) is 0 Å². The van der Waals surface area contributed by atoms with Crippen molar-refractivity contribution in [1.82, 2.24) is 14.8 Å². The highest BCUT2D eigenvalue weighted by molar-refractivity contribution is 5.97. The Morgan fingerprint density at radius 1 is 1.43 bits per heavy atom. The van der Waals surface area contributed by atoms with Crippen LogP contribution in [0, 0.1) is 0 Å². The fourth-order valence-electron chi connectivity index (χ4n) is 3.24. The van der Waals surface area contributed by atoms with E-state index in [0.29, 0.717) is 18.2 Å². The molecule has 3 rings (SSSR count). The van der Waals surface area contributed by atoms with E-state index in [1.54, 1.807) is 18.2 Å². The molecule has 2 heterocycles. The topological polar surface area (TPSA) is 45.7 Å². The first-order valence-electron chi connectivity index (χ1n) is 7.91. The highest BCUT2D eigenvalue weighted by Gasteiger charge is 2.31. The van der Waals surface area contributed by atoms with Crippen LogP contribution in [0.25, 0.3) is 10.9 Å². The molecule has 122 valence electrons. The number of ether oxygens (including phenoxy) is 1. The molecule has 0 spiro atoms. The summed E-state index contributed by atoms with van der Waals surface area (Å²) in [6.45, 7) is 1.63. The van der Waals surface area contributed by atoms with Gasteiger partial charge in [-0.25, -0.2) is 0 Å². The Bertz CT molecular complexity index is 703. The monoisotopic (exact) mass is 313 g/mol. The number of carbonyl (C=O) groups excluding carboxylic acids is 1. The van der Waals surface area contributed by atoms with Crippen molar-refractivity contribution in [2.75, 3.05) is 34.3 Å². The molecule has 0 bridgehead atoms. The number of hydrogen-bond acceptors (Lipinski definition) is 4. The average Bonchev–Trinajstić information content (AvgIpc) is 2.93. The average molecular weight is 313 g/mol. The largest absolute Gasteiger partial charge is 0.380 e. The van der Waals surface area contributed by atoms with Crippen molar-refractivity contribution in [1.29, 1.82) is 0 Å². The van der Waals surface area contributed by atoms with Crippen LogP contribution in [-0.4, -0.2) is 67.1 Å². The maximum atomic E-state index is 12.7. The molecular formula is C18H23N3O2. The molecule has 1 fully saturated rings. The van der Waals surface area contributed by atoms with Crippen LogP contribution in [0.1, 0.15) is 16.8 Å². The molecule has 1 saturated heterocycles. The van der Waals surface area contributed by atoms with Gasteiger partial charge in [-0.05, 0) is 37.7 Å². The first-order chi connectivity index (χ1) is 11.1. The van der Waals surface area contributed by atoms with Gasteiger partial charge >= 0.3 is 0 Å². The second-order valence-electron chi connectivity index (χ2n) is 6.28. The van der Waals surface area contributed by atoms with Crippen molar-refractivity contribution in [2.45, 2.75) is 18.6 Å². The molecule has 5 nitrogen and oxygen atoms in total. The third-order valence-corrected chi connectivity index (χ3v) is 4.66. The summed E-state index contributed by atoms with van der Waals surface area (Å²) < 4.78 is 5.43. The number of fused-ring (bicyclic) bond motifs is 1. The quantitative estimate of drug-likeness (QED) is 0.866. The number of carbonyl (C=O) groups is 1. The minimum atomic E-state index is 0.0463. The zero-order valence-corrected chi connectivity index (χ0v) is 13.9. The van der Waals surface area contributed by atoms with Crippen LogP contribution in [-0.2, 0) is 4.74 Å². The van der Waals surface area contributed by atoms with Gasteiger partial charge in [0.1, 0.15) is 0 Å². The Morgan fingerprint density at radius 3 is 3.00 bits per heavy atom. The molecule has 0 unspecified atom stereocenters. The van der Waals surface area contributed by atoms with Crippen LogP contribution in [0.2, 0.25) is 0 Å². The van der Waals surface area contributed by atoms with Crippen molar-refractivity contribution in [2.24, 2.45) is 0 Å². The van der Waals surface area contributed by atoms with E-state index in [9.17, 15) is 4.79 Å². The molecule has 5 heteroatoms. The number of methoxy groups -OCH3 is 1. The van der Waals surface area contributed by atoms with Crippen molar-refractivity contribution >= 4 is 16.8 Å². The summed E-state index contributed by atoms with van der Waals surface area (Å²) in [6, 6.07) is 9.88. The minimum Gasteiger partial charge on any atom is -0.380 e. The van der Waals surface area contributed by atoms with Gasteiger partial charge in [0.25, 0.3) is 5.91 Å². The SMILES string of the molecule is CO[C@H]1C[C@@H](CN(C)C(=O)c2ccc3ncccc3c2)N(C)C1. The molecule has 1 aromatic heterocycles. The fourth-order valence-corrected chi connectivity index (χ4v) is 3.24. The smallest absolute Gasteiger partial charge is 0.253 e. The molecule has 1 amide bonds. The molecule has 0 saturated carbocycles. The molecule has 23 heavy (non-hydrogen) atoms. The summed E-state index contributed by atoms with van der Waals surface area (Å²) in [6.07, 6.45) is 2.99. The number of benzene rings is 1. The van der Waals surface area contributed by atoms with E-state index in [0.717, 1.165) is 23.9 Å². The number of hydrogen-bond donors (Lipinski definition) is 0. The number of likely N-dealkylation sites (N-methyl/N-ethyl adjacent to an activating group) is 2. The third-order valence-electron chi connectivity index (χ3n) is 4.66. The van der Waals surface area contributed by atoms with Gasteiger partial charge in [0, 0.05) is 50.4 Å². The van der Waals surface area contributed by atoms with Crippen LogP contribution in [0.15, 0.2) is 36.5 Å². The summed E-state index contributed by atoms with van der Waals surface area (Å²) in [7, 11) is 5.70. The molecule has 1 aromatic carbocycles. The zero-order valence-electron chi connectivity index (χ0n) is 13.9. The van der Waals surface area contributed by atoms with Gasteiger partial charge in [-0.15, -0.1) is 0 Å². The van der Waals surface area contributed by atoms with Crippen LogP contribution >= 0.6 is 0 Å². The van der Waals surface area contributed by atoms with E-state index in [1.165, 1.54) is 0 Å². The number of likely N-dealkylation sites (tertiary alicyclic amines) is 1. The molecule has 0 radical (unpaired) electrons. The molecule has 1 aliphatic heterocycles. The van der Waals surface area contributed by atoms with Gasteiger partial charge in [0.2, 0.25) is 0 Å². The predicted molar refractivity (Wildman–Crippen MR) is 90.5 cm³/mol. The molecule has 0 N–H and O–H groups in total. The summed E-state index contributed by atoms with van der Waals surface area (Å²) in [5.74, 6) is 0.0463. The highest BCUT2D eigenvalue weighted by Crippen LogP contribution is 2.20. The van der Waals surface area contributed by atoms with Gasteiger partial charge in [-0.1, -0.05) is 6.07 Å². The van der Waals surface area contributed by atoms with E-state index in [4.69, 9.17) is 4.74 Å². The van der Waals surface area contributed by atoms with Gasteiger partial charge in [0.15, 0.2) is 0 Å². The minimum absolute atomic E-state index is 0.0463. The van der Waals surface area contributed by atoms with Crippen molar-refractivity contribution in [3.63, 3.8) is 0 Å². The Hall–Kier alpha value is -1.98. The van der Waals surface area contributed by atoms with E-state index >= 15 is 0 Å². The van der Waals surface area contributed by atoms with Crippen molar-refractivity contribution in [3.05, 3.63) is 42.1 Å². The lowest BCUT2D eigenvalue weighted by molar-refractivity contribution is 0.0760. The Kier molecular flexibility index (Phi) is 4.59. The van der Waals surface area contributed by atoms with Crippen LogP contribution < -0.4 is 0 Å². The molecule has 1 aliphatic rings. The van der Waals surface area contributed by atoms with Gasteiger partial charge < -0.3 is 9.64 Å². The summed E-state index contributed by atoms with van der Waals surface area (Å²) >= 11 is 0. The second kappa shape index (κ2) is 6.64. The molecular weight excluding hydrogens is 290 g/mol. The standard InChI is InChI=1S/C18H23N3O2/c1-20-12-16(23-3)10-15(20)11-21(2)18(22)14-6-7-17-13(9-14)5-4-8-19-17/h4-9,15-16H,10-12H2,1-3H3/t15-,16-/m0/s1. The third kappa shape index (κ3) is 3.35. The summed E-state index contributed by atoms with van der Waals surface area (Å²) in [5.41, 5.74) is 1.61. The van der Waals surface area contributed by atoms with Gasteiger partial charge in [-0.2, -0.15) is 0 Å². The summed E-state index contributed by atoms with van der Waals surface area (Å²) in [4.78, 5) is 21.0. The second-order valence-corrected chi connectivity index (χ2v) is 6.28. The van der Waals surface area contributed by atoms with Crippen molar-refractivity contribution in [3.8, 4) is 0 Å². The van der Waals surface area contributed by atoms with Crippen LogP contribution in [0.4, 0.5) is 0 Å². The normalized spacial score (nSPS) is 21.7. The fraction of sp³-hybridized carbons (Fsp3) is 0.444. The molecule has 0 aliphatic carbocycles. The van der Waals surface area contributed by atoms with Crippen LogP contribution in [0.3, 0.4) is 0 Å². The van der Waals surface area contributed by atoms with E-state index in [1.807, 2.05) is 37.4 Å². The Balaban J connectivity index is 1.71. The van der Waals surface area contributed by atoms with E-state index in [2.05, 4.69) is 16.9 Å². The molecule has 2 aromatic rings. The predicted octanol–water partition coefficient (Wildman–Crippen LogP) is 2.03. The first kappa shape index (κ1) is 15.9. The van der Waals surface area contributed by atoms with E-state index in [-0.39, 0.29) is 12.0 Å². The maximum Gasteiger partial charge on any atom is 0.253 e. The Labute approximate surface area is 136 Å². The van der Waals surface area contributed by atoms with Gasteiger partial charge in [-0.3, -0.25) is 14.7 Å².